The van der Waals surface area contributed by atoms with Crippen LogP contribution in [0.1, 0.15) is 12.8 Å². The second kappa shape index (κ2) is 3.90. The average molecular weight is 145 g/mol. The lowest BCUT2D eigenvalue weighted by atomic mass is 10.1. The van der Waals surface area contributed by atoms with Crippen molar-refractivity contribution in [3.8, 4) is 0 Å². The van der Waals surface area contributed by atoms with E-state index in [2.05, 4.69) is 6.58 Å². The summed E-state index contributed by atoms with van der Waals surface area (Å²) in [7, 11) is 0. The van der Waals surface area contributed by atoms with Crippen molar-refractivity contribution in [1.82, 2.24) is 0 Å². The van der Waals surface area contributed by atoms with Crippen molar-refractivity contribution in [3.63, 3.8) is 0 Å². The Bertz CT molecular complexity index is 144. The van der Waals surface area contributed by atoms with Crippen LogP contribution < -0.4 is 5.73 Å². The summed E-state index contributed by atoms with van der Waals surface area (Å²) in [4.78, 5) is 9.96. The predicted molar refractivity (Wildman–Crippen MR) is 36.6 cm³/mol. The topological polar surface area (TPSA) is 83.5 Å². The highest BCUT2D eigenvalue weighted by atomic mass is 16.4. The lowest BCUT2D eigenvalue weighted by Gasteiger charge is -2.06. The fourth-order valence-corrected chi connectivity index (χ4v) is 0.446. The third kappa shape index (κ3) is 3.91. The minimum atomic E-state index is -0.920. The van der Waals surface area contributed by atoms with Crippen LogP contribution in [-0.2, 0) is 4.79 Å². The molecule has 0 saturated carbocycles. The van der Waals surface area contributed by atoms with Gasteiger partial charge in [-0.3, -0.25) is 4.79 Å². The number of carboxylic acids is 1. The molecule has 58 valence electrons. The van der Waals surface area contributed by atoms with Crippen LogP contribution in [0, 0.1) is 0 Å². The van der Waals surface area contributed by atoms with Crippen molar-refractivity contribution in [2.24, 2.45) is 5.73 Å². The summed E-state index contributed by atoms with van der Waals surface area (Å²) in [6.07, 6.45) is 0.186. The number of hydrogen-bond donors (Lipinski definition) is 3. The normalized spacial score (nSPS) is 12.5. The van der Waals surface area contributed by atoms with Crippen molar-refractivity contribution >= 4 is 5.97 Å². The molecule has 0 bridgehead atoms. The predicted octanol–water partition coefficient (Wildman–Crippen LogP) is 0.250. The molecule has 0 aliphatic carbocycles. The molecule has 4 N–H and O–H groups in total. The number of rotatable bonds is 4. The molecule has 10 heavy (non-hydrogen) atoms. The highest BCUT2D eigenvalue weighted by molar-refractivity contribution is 5.66. The smallest absolute Gasteiger partial charge is 0.303 e. The van der Waals surface area contributed by atoms with Crippen molar-refractivity contribution < 1.29 is 15.0 Å². The van der Waals surface area contributed by atoms with Crippen molar-refractivity contribution in [3.05, 3.63) is 12.3 Å². The molecular formula is C6H11NO3. The van der Waals surface area contributed by atoms with Crippen LogP contribution in [0.3, 0.4) is 0 Å². The first-order chi connectivity index (χ1) is 4.54. The molecule has 0 aliphatic rings. The number of aliphatic carboxylic acids is 1. The molecule has 0 aromatic carbocycles. The van der Waals surface area contributed by atoms with Gasteiger partial charge in [0.1, 0.15) is 5.76 Å². The largest absolute Gasteiger partial charge is 0.511 e. The number of carboxylic acid groups (broad SMARTS) is 1. The summed E-state index contributed by atoms with van der Waals surface area (Å²) >= 11 is 0. The molecule has 4 heteroatoms. The van der Waals surface area contributed by atoms with E-state index in [1.807, 2.05) is 0 Å². The molecule has 0 aromatic rings. The molecule has 0 aliphatic heterocycles. The summed E-state index contributed by atoms with van der Waals surface area (Å²) in [5.74, 6) is -1.09. The van der Waals surface area contributed by atoms with E-state index in [0.29, 0.717) is 0 Å². The van der Waals surface area contributed by atoms with E-state index >= 15 is 0 Å². The Morgan fingerprint density at radius 2 is 2.10 bits per heavy atom. The Kier molecular flexibility index (Phi) is 3.49. The van der Waals surface area contributed by atoms with Gasteiger partial charge in [0.25, 0.3) is 0 Å². The zero-order valence-electron chi connectivity index (χ0n) is 5.58. The quantitative estimate of drug-likeness (QED) is 0.495. The molecule has 0 rings (SSSR count). The monoisotopic (exact) mass is 145 g/mol. The highest BCUT2D eigenvalue weighted by Gasteiger charge is 2.07. The first kappa shape index (κ1) is 8.97. The number of hydrogen-bond acceptors (Lipinski definition) is 3. The van der Waals surface area contributed by atoms with Gasteiger partial charge >= 0.3 is 5.97 Å². The Hall–Kier alpha value is -1.03. The zero-order chi connectivity index (χ0) is 8.15. The highest BCUT2D eigenvalue weighted by Crippen LogP contribution is 2.00. The van der Waals surface area contributed by atoms with Gasteiger partial charge in [-0.2, -0.15) is 0 Å². The molecule has 0 spiro atoms. The van der Waals surface area contributed by atoms with E-state index in [1.165, 1.54) is 0 Å². The standard InChI is InChI=1S/C6H11NO3/c1-4(8)5(7)2-3-6(9)10/h5,8H,1-3,7H2,(H,9,10). The number of aliphatic hydroxyl groups is 1. The summed E-state index contributed by atoms with van der Waals surface area (Å²) in [5, 5.41) is 16.8. The fourth-order valence-electron chi connectivity index (χ4n) is 0.446. The Morgan fingerprint density at radius 1 is 1.60 bits per heavy atom. The molecule has 4 nitrogen and oxygen atoms in total. The third-order valence-electron chi connectivity index (χ3n) is 1.10. The van der Waals surface area contributed by atoms with E-state index in [-0.39, 0.29) is 18.6 Å². The van der Waals surface area contributed by atoms with Crippen molar-refractivity contribution in [2.75, 3.05) is 0 Å². The Labute approximate surface area is 59.0 Å². The van der Waals surface area contributed by atoms with E-state index in [9.17, 15) is 4.79 Å². The minimum Gasteiger partial charge on any atom is -0.511 e. The van der Waals surface area contributed by atoms with Crippen LogP contribution >= 0.6 is 0 Å². The van der Waals surface area contributed by atoms with Crippen LogP contribution in [0.5, 0.6) is 0 Å². The van der Waals surface area contributed by atoms with Gasteiger partial charge in [0.05, 0.1) is 6.04 Å². The molecule has 0 amide bonds. The molecule has 0 radical (unpaired) electrons. The zero-order valence-corrected chi connectivity index (χ0v) is 5.58. The van der Waals surface area contributed by atoms with Gasteiger partial charge in [-0.05, 0) is 6.42 Å². The van der Waals surface area contributed by atoms with Crippen molar-refractivity contribution in [1.29, 1.82) is 0 Å². The van der Waals surface area contributed by atoms with Gasteiger partial charge in [0.15, 0.2) is 0 Å². The minimum absolute atomic E-state index is 0.0409. The van der Waals surface area contributed by atoms with Crippen LogP contribution in [-0.4, -0.2) is 22.2 Å². The number of nitrogens with two attached hydrogens (primary N) is 1. The Balaban J connectivity index is 3.49. The molecule has 1 unspecified atom stereocenters. The van der Waals surface area contributed by atoms with Crippen LogP contribution in [0.15, 0.2) is 12.3 Å². The summed E-state index contributed by atoms with van der Waals surface area (Å²) in [6.45, 7) is 3.17. The Morgan fingerprint density at radius 3 is 2.40 bits per heavy atom. The maximum atomic E-state index is 9.96. The number of aliphatic hydroxyl groups excluding tert-OH is 1. The summed E-state index contributed by atoms with van der Waals surface area (Å²) in [6, 6.07) is -0.615. The van der Waals surface area contributed by atoms with E-state index in [4.69, 9.17) is 15.9 Å². The second-order valence-electron chi connectivity index (χ2n) is 2.03. The van der Waals surface area contributed by atoms with Crippen LogP contribution in [0.4, 0.5) is 0 Å². The third-order valence-corrected chi connectivity index (χ3v) is 1.10. The SMILES string of the molecule is C=C(O)C(N)CCC(=O)O. The maximum absolute atomic E-state index is 9.96. The molecule has 1 atom stereocenters. The van der Waals surface area contributed by atoms with Crippen LogP contribution in [0.25, 0.3) is 0 Å². The molecular weight excluding hydrogens is 134 g/mol. The van der Waals surface area contributed by atoms with Gasteiger partial charge in [-0.25, -0.2) is 0 Å². The lowest BCUT2D eigenvalue weighted by Crippen LogP contribution is -2.22. The first-order valence-electron chi connectivity index (χ1n) is 2.89. The van der Waals surface area contributed by atoms with Crippen molar-refractivity contribution in [2.45, 2.75) is 18.9 Å². The molecule has 0 fully saturated rings. The van der Waals surface area contributed by atoms with Crippen LogP contribution in [0.2, 0.25) is 0 Å². The number of carbonyl (C=O) groups is 1. The van der Waals surface area contributed by atoms with E-state index in [1.54, 1.807) is 0 Å². The van der Waals surface area contributed by atoms with Gasteiger partial charge in [0, 0.05) is 6.42 Å². The lowest BCUT2D eigenvalue weighted by molar-refractivity contribution is -0.137. The van der Waals surface area contributed by atoms with Gasteiger partial charge in [0.2, 0.25) is 0 Å². The summed E-state index contributed by atoms with van der Waals surface area (Å²) in [5.41, 5.74) is 5.25. The maximum Gasteiger partial charge on any atom is 0.303 e. The summed E-state index contributed by atoms with van der Waals surface area (Å²) < 4.78 is 0. The molecule has 0 heterocycles. The molecule has 0 aromatic heterocycles. The second-order valence-corrected chi connectivity index (χ2v) is 2.03. The van der Waals surface area contributed by atoms with Gasteiger partial charge < -0.3 is 15.9 Å². The van der Waals surface area contributed by atoms with Gasteiger partial charge in [-0.1, -0.05) is 6.58 Å². The van der Waals surface area contributed by atoms with E-state index < -0.39 is 12.0 Å². The fraction of sp³-hybridized carbons (Fsp3) is 0.500. The molecule has 0 saturated heterocycles. The average Bonchev–Trinajstić information content (AvgIpc) is 1.82. The van der Waals surface area contributed by atoms with Gasteiger partial charge in [-0.15, -0.1) is 0 Å². The van der Waals surface area contributed by atoms with E-state index in [0.717, 1.165) is 0 Å². The first-order valence-corrected chi connectivity index (χ1v) is 2.89.